The van der Waals surface area contributed by atoms with Crippen LogP contribution in [0.25, 0.3) is 0 Å². The topological polar surface area (TPSA) is 84.9 Å². The molecule has 2 aromatic carbocycles. The molecule has 2 rings (SSSR count). The smallest absolute Gasteiger partial charge is 0.346 e. The molecular formula is C20H22FNO5. The van der Waals surface area contributed by atoms with Gasteiger partial charge in [0.05, 0.1) is 6.54 Å². The lowest BCUT2D eigenvalue weighted by atomic mass is 10.0. The van der Waals surface area contributed by atoms with Gasteiger partial charge in [-0.05, 0) is 47.9 Å². The molecule has 2 N–H and O–H groups in total. The summed E-state index contributed by atoms with van der Waals surface area (Å²) in [6.07, 6.45) is -1.30. The van der Waals surface area contributed by atoms with E-state index in [-0.39, 0.29) is 18.9 Å². The molecule has 0 aliphatic heterocycles. The molecule has 0 aliphatic rings. The van der Waals surface area contributed by atoms with Crippen molar-refractivity contribution in [3.63, 3.8) is 0 Å². The summed E-state index contributed by atoms with van der Waals surface area (Å²) in [4.78, 5) is 23.1. The molecule has 0 saturated heterocycles. The molecule has 0 bridgehead atoms. The van der Waals surface area contributed by atoms with Crippen molar-refractivity contribution in [2.45, 2.75) is 25.9 Å². The SMILES string of the molecule is CC(C)c1ccc(OCC(=O)NCC(Oc2ccc(F)cc2)C(=O)O)cc1. The second-order valence-electron chi connectivity index (χ2n) is 6.22. The van der Waals surface area contributed by atoms with E-state index in [0.717, 1.165) is 17.7 Å². The normalized spacial score (nSPS) is 11.7. The zero-order valence-corrected chi connectivity index (χ0v) is 15.1. The van der Waals surface area contributed by atoms with E-state index < -0.39 is 23.8 Å². The Labute approximate surface area is 156 Å². The van der Waals surface area contributed by atoms with Gasteiger partial charge in [0.2, 0.25) is 6.10 Å². The van der Waals surface area contributed by atoms with Crippen LogP contribution in [0.2, 0.25) is 0 Å². The van der Waals surface area contributed by atoms with Crippen LogP contribution in [0.15, 0.2) is 48.5 Å². The van der Waals surface area contributed by atoms with Gasteiger partial charge in [-0.3, -0.25) is 4.79 Å². The molecule has 0 spiro atoms. The van der Waals surface area contributed by atoms with Gasteiger partial charge in [-0.1, -0.05) is 26.0 Å². The van der Waals surface area contributed by atoms with E-state index in [2.05, 4.69) is 19.2 Å². The number of amides is 1. The Hall–Kier alpha value is -3.09. The van der Waals surface area contributed by atoms with Crippen molar-refractivity contribution in [1.29, 1.82) is 0 Å². The van der Waals surface area contributed by atoms with Crippen LogP contribution in [0, 0.1) is 5.82 Å². The maximum atomic E-state index is 12.9. The van der Waals surface area contributed by atoms with Gasteiger partial charge < -0.3 is 19.9 Å². The number of carbonyl (C=O) groups excluding carboxylic acids is 1. The van der Waals surface area contributed by atoms with Gasteiger partial charge >= 0.3 is 5.97 Å². The van der Waals surface area contributed by atoms with Gasteiger partial charge in [0.15, 0.2) is 6.61 Å². The fraction of sp³-hybridized carbons (Fsp3) is 0.300. The molecule has 1 amide bonds. The lowest BCUT2D eigenvalue weighted by molar-refractivity contribution is -0.145. The molecule has 0 fully saturated rings. The van der Waals surface area contributed by atoms with Gasteiger partial charge in [0, 0.05) is 0 Å². The fourth-order valence-corrected chi connectivity index (χ4v) is 2.21. The lowest BCUT2D eigenvalue weighted by Crippen LogP contribution is -2.41. The van der Waals surface area contributed by atoms with Crippen molar-refractivity contribution in [3.05, 3.63) is 59.9 Å². The average molecular weight is 375 g/mol. The Balaban J connectivity index is 1.81. The summed E-state index contributed by atoms with van der Waals surface area (Å²) < 4.78 is 23.5. The Morgan fingerprint density at radius 1 is 1.04 bits per heavy atom. The van der Waals surface area contributed by atoms with E-state index >= 15 is 0 Å². The number of nitrogens with one attached hydrogen (secondary N) is 1. The molecule has 0 aliphatic carbocycles. The molecule has 144 valence electrons. The maximum absolute atomic E-state index is 12.9. The number of aliphatic carboxylic acids is 1. The van der Waals surface area contributed by atoms with Crippen molar-refractivity contribution >= 4 is 11.9 Å². The third kappa shape index (κ3) is 6.62. The molecule has 1 unspecified atom stereocenters. The van der Waals surface area contributed by atoms with Gasteiger partial charge in [0.25, 0.3) is 5.91 Å². The highest BCUT2D eigenvalue weighted by Crippen LogP contribution is 2.18. The second-order valence-corrected chi connectivity index (χ2v) is 6.22. The average Bonchev–Trinajstić information content (AvgIpc) is 2.65. The molecular weight excluding hydrogens is 353 g/mol. The van der Waals surface area contributed by atoms with Gasteiger partial charge in [-0.2, -0.15) is 0 Å². The lowest BCUT2D eigenvalue weighted by Gasteiger charge is -2.16. The van der Waals surface area contributed by atoms with Crippen molar-refractivity contribution < 1.29 is 28.6 Å². The molecule has 1 atom stereocenters. The van der Waals surface area contributed by atoms with Crippen molar-refractivity contribution in [3.8, 4) is 11.5 Å². The van der Waals surface area contributed by atoms with Crippen LogP contribution in [-0.2, 0) is 9.59 Å². The molecule has 6 nitrogen and oxygen atoms in total. The van der Waals surface area contributed by atoms with E-state index in [0.29, 0.717) is 11.7 Å². The number of benzene rings is 2. The standard InChI is InChI=1S/C20H22FNO5/c1-13(2)14-3-7-16(8-4-14)26-12-19(23)22-11-18(20(24)25)27-17-9-5-15(21)6-10-17/h3-10,13,18H,11-12H2,1-2H3,(H,22,23)(H,24,25). The number of rotatable bonds is 9. The molecule has 0 radical (unpaired) electrons. The quantitative estimate of drug-likeness (QED) is 0.704. The van der Waals surface area contributed by atoms with Crippen molar-refractivity contribution in [2.75, 3.05) is 13.2 Å². The summed E-state index contributed by atoms with van der Waals surface area (Å²) in [6, 6.07) is 12.4. The molecule has 27 heavy (non-hydrogen) atoms. The van der Waals surface area contributed by atoms with Crippen LogP contribution < -0.4 is 14.8 Å². The fourth-order valence-electron chi connectivity index (χ4n) is 2.21. The first-order valence-corrected chi connectivity index (χ1v) is 8.49. The summed E-state index contributed by atoms with van der Waals surface area (Å²) in [7, 11) is 0. The van der Waals surface area contributed by atoms with Crippen LogP contribution in [0.4, 0.5) is 4.39 Å². The Morgan fingerprint density at radius 2 is 1.63 bits per heavy atom. The van der Waals surface area contributed by atoms with Crippen LogP contribution in [-0.4, -0.2) is 36.2 Å². The largest absolute Gasteiger partial charge is 0.484 e. The van der Waals surface area contributed by atoms with Crippen LogP contribution in [0.1, 0.15) is 25.3 Å². The highest BCUT2D eigenvalue weighted by Gasteiger charge is 2.20. The van der Waals surface area contributed by atoms with E-state index in [1.807, 2.05) is 12.1 Å². The Kier molecular flexibility index (Phi) is 7.16. The summed E-state index contributed by atoms with van der Waals surface area (Å²) in [6.45, 7) is 3.66. The van der Waals surface area contributed by atoms with Gasteiger partial charge in [-0.15, -0.1) is 0 Å². The summed E-state index contributed by atoms with van der Waals surface area (Å²) >= 11 is 0. The Bertz CT molecular complexity index is 759. The first-order valence-electron chi connectivity index (χ1n) is 8.49. The van der Waals surface area contributed by atoms with Gasteiger partial charge in [-0.25, -0.2) is 9.18 Å². The first-order chi connectivity index (χ1) is 12.8. The predicted octanol–water partition coefficient (Wildman–Crippen LogP) is 2.98. The van der Waals surface area contributed by atoms with Crippen LogP contribution >= 0.6 is 0 Å². The number of carboxylic acids is 1. The van der Waals surface area contributed by atoms with E-state index in [4.69, 9.17) is 9.47 Å². The highest BCUT2D eigenvalue weighted by molar-refractivity contribution is 5.79. The number of hydrogen-bond donors (Lipinski definition) is 2. The van der Waals surface area contributed by atoms with Crippen molar-refractivity contribution in [1.82, 2.24) is 5.32 Å². The predicted molar refractivity (Wildman–Crippen MR) is 97.5 cm³/mol. The summed E-state index contributed by atoms with van der Waals surface area (Å²) in [5, 5.41) is 11.7. The minimum Gasteiger partial charge on any atom is -0.484 e. The van der Waals surface area contributed by atoms with E-state index in [1.165, 1.54) is 12.1 Å². The second kappa shape index (κ2) is 9.56. The van der Waals surface area contributed by atoms with E-state index in [9.17, 15) is 19.1 Å². The van der Waals surface area contributed by atoms with Crippen LogP contribution in [0.5, 0.6) is 11.5 Å². The maximum Gasteiger partial charge on any atom is 0.346 e. The minimum absolute atomic E-state index is 0.194. The van der Waals surface area contributed by atoms with Crippen molar-refractivity contribution in [2.24, 2.45) is 0 Å². The Morgan fingerprint density at radius 3 is 2.19 bits per heavy atom. The third-order valence-electron chi connectivity index (χ3n) is 3.77. The number of carbonyl (C=O) groups is 2. The zero-order valence-electron chi connectivity index (χ0n) is 15.1. The third-order valence-corrected chi connectivity index (χ3v) is 3.77. The number of halogens is 1. The first kappa shape index (κ1) is 20.2. The minimum atomic E-state index is -1.30. The number of ether oxygens (including phenoxy) is 2. The molecule has 7 heteroatoms. The molecule has 0 saturated carbocycles. The van der Waals surface area contributed by atoms with E-state index in [1.54, 1.807) is 12.1 Å². The monoisotopic (exact) mass is 375 g/mol. The molecule has 2 aromatic rings. The summed E-state index contributed by atoms with van der Waals surface area (Å²) in [5.41, 5.74) is 1.16. The zero-order chi connectivity index (χ0) is 19.8. The van der Waals surface area contributed by atoms with Crippen LogP contribution in [0.3, 0.4) is 0 Å². The number of hydrogen-bond acceptors (Lipinski definition) is 4. The highest BCUT2D eigenvalue weighted by atomic mass is 19.1. The molecule has 0 aromatic heterocycles. The number of carboxylic acid groups (broad SMARTS) is 1. The summed E-state index contributed by atoms with van der Waals surface area (Å²) in [5.74, 6) is -1.04. The molecule has 0 heterocycles. The van der Waals surface area contributed by atoms with Gasteiger partial charge in [0.1, 0.15) is 17.3 Å².